The highest BCUT2D eigenvalue weighted by atomic mass is 35.5. The van der Waals surface area contributed by atoms with Crippen LogP contribution in [-0.4, -0.2) is 6.04 Å². The molecule has 112 valence electrons. The largest absolute Gasteiger partial charge is 0.271 e. The van der Waals surface area contributed by atoms with Crippen LogP contribution in [0.15, 0.2) is 18.2 Å². The Morgan fingerprint density at radius 2 is 1.95 bits per heavy atom. The van der Waals surface area contributed by atoms with Crippen molar-refractivity contribution in [3.63, 3.8) is 0 Å². The summed E-state index contributed by atoms with van der Waals surface area (Å²) in [6, 6.07) is 6.00. The summed E-state index contributed by atoms with van der Waals surface area (Å²) in [7, 11) is 0. The maximum Gasteiger partial charge on any atom is 0.0453 e. The van der Waals surface area contributed by atoms with Gasteiger partial charge in [-0.1, -0.05) is 55.5 Å². The van der Waals surface area contributed by atoms with Crippen molar-refractivity contribution in [2.24, 2.45) is 17.7 Å². The topological polar surface area (TPSA) is 38.0 Å². The first-order chi connectivity index (χ1) is 9.63. The van der Waals surface area contributed by atoms with Gasteiger partial charge in [-0.25, -0.2) is 0 Å². The molecule has 1 aromatic rings. The highest BCUT2D eigenvalue weighted by Gasteiger charge is 2.26. The summed E-state index contributed by atoms with van der Waals surface area (Å²) in [6.07, 6.45) is 7.35. The van der Waals surface area contributed by atoms with Crippen LogP contribution in [0.1, 0.15) is 44.6 Å². The minimum absolute atomic E-state index is 0.298. The van der Waals surface area contributed by atoms with Crippen LogP contribution < -0.4 is 11.3 Å². The molecule has 3 N–H and O–H groups in total. The SMILES string of the molecule is CCC1CCC(C(Cc2ccc(Cl)cc2Cl)NN)CC1. The molecule has 0 saturated heterocycles. The van der Waals surface area contributed by atoms with E-state index in [4.69, 9.17) is 29.0 Å². The van der Waals surface area contributed by atoms with Crippen LogP contribution in [0.3, 0.4) is 0 Å². The van der Waals surface area contributed by atoms with Gasteiger partial charge < -0.3 is 0 Å². The van der Waals surface area contributed by atoms with Crippen molar-refractivity contribution in [2.75, 3.05) is 0 Å². The van der Waals surface area contributed by atoms with Crippen LogP contribution in [0.5, 0.6) is 0 Å². The van der Waals surface area contributed by atoms with Crippen LogP contribution in [0.2, 0.25) is 10.0 Å². The lowest BCUT2D eigenvalue weighted by atomic mass is 9.76. The van der Waals surface area contributed by atoms with Crippen LogP contribution in [-0.2, 0) is 6.42 Å². The molecule has 0 aromatic heterocycles. The van der Waals surface area contributed by atoms with Gasteiger partial charge >= 0.3 is 0 Å². The quantitative estimate of drug-likeness (QED) is 0.616. The third-order valence-corrected chi connectivity index (χ3v) is 5.29. The third kappa shape index (κ3) is 4.11. The summed E-state index contributed by atoms with van der Waals surface area (Å²) in [5.41, 5.74) is 4.13. The number of benzene rings is 1. The molecule has 1 aliphatic rings. The number of nitrogens with one attached hydrogen (secondary N) is 1. The molecule has 1 atom stereocenters. The average Bonchev–Trinajstić information content (AvgIpc) is 2.47. The van der Waals surface area contributed by atoms with E-state index in [-0.39, 0.29) is 0 Å². The van der Waals surface area contributed by atoms with Gasteiger partial charge in [0.15, 0.2) is 0 Å². The lowest BCUT2D eigenvalue weighted by Crippen LogP contribution is -2.43. The Hall–Kier alpha value is -0.280. The van der Waals surface area contributed by atoms with Crippen LogP contribution >= 0.6 is 23.2 Å². The fourth-order valence-electron chi connectivity index (χ4n) is 3.28. The highest BCUT2D eigenvalue weighted by Crippen LogP contribution is 2.34. The number of hydrazine groups is 1. The number of rotatable bonds is 5. The van der Waals surface area contributed by atoms with Gasteiger partial charge in [0.2, 0.25) is 0 Å². The predicted molar refractivity (Wildman–Crippen MR) is 87.0 cm³/mol. The Kier molecular flexibility index (Phi) is 6.16. The molecule has 2 nitrogen and oxygen atoms in total. The molecule has 0 aliphatic heterocycles. The van der Waals surface area contributed by atoms with E-state index < -0.39 is 0 Å². The summed E-state index contributed by atoms with van der Waals surface area (Å²) < 4.78 is 0. The Bertz CT molecular complexity index is 428. The van der Waals surface area contributed by atoms with Crippen molar-refractivity contribution in [3.05, 3.63) is 33.8 Å². The Balaban J connectivity index is 1.98. The number of hydrogen-bond donors (Lipinski definition) is 2. The van der Waals surface area contributed by atoms with Crippen molar-refractivity contribution in [1.29, 1.82) is 0 Å². The second kappa shape index (κ2) is 7.65. The molecule has 2 rings (SSSR count). The van der Waals surface area contributed by atoms with Gasteiger partial charge in [-0.3, -0.25) is 11.3 Å². The summed E-state index contributed by atoms with van der Waals surface area (Å²) in [5, 5.41) is 1.42. The lowest BCUT2D eigenvalue weighted by Gasteiger charge is -2.33. The van der Waals surface area contributed by atoms with Crippen molar-refractivity contribution >= 4 is 23.2 Å². The molecule has 0 heterocycles. The third-order valence-electron chi connectivity index (χ3n) is 4.71. The van der Waals surface area contributed by atoms with Crippen molar-refractivity contribution < 1.29 is 0 Å². The first-order valence-corrected chi connectivity index (χ1v) is 8.29. The van der Waals surface area contributed by atoms with E-state index in [9.17, 15) is 0 Å². The maximum absolute atomic E-state index is 6.26. The van der Waals surface area contributed by atoms with E-state index in [1.54, 1.807) is 6.07 Å². The number of hydrogen-bond acceptors (Lipinski definition) is 2. The molecule has 1 unspecified atom stereocenters. The van der Waals surface area contributed by atoms with E-state index >= 15 is 0 Å². The number of nitrogens with two attached hydrogens (primary N) is 1. The van der Waals surface area contributed by atoms with Gasteiger partial charge in [0.25, 0.3) is 0 Å². The highest BCUT2D eigenvalue weighted by molar-refractivity contribution is 6.35. The van der Waals surface area contributed by atoms with Crippen molar-refractivity contribution in [3.8, 4) is 0 Å². The average molecular weight is 315 g/mol. The molecule has 1 aromatic carbocycles. The first kappa shape index (κ1) is 16.1. The standard InChI is InChI=1S/C16H24Cl2N2/c1-2-11-3-5-12(6-4-11)16(20-19)9-13-7-8-14(17)10-15(13)18/h7-8,10-12,16,20H,2-6,9,19H2,1H3. The van der Waals surface area contributed by atoms with Gasteiger partial charge in [0, 0.05) is 16.1 Å². The maximum atomic E-state index is 6.26. The minimum atomic E-state index is 0.298. The Morgan fingerprint density at radius 3 is 2.50 bits per heavy atom. The van der Waals surface area contributed by atoms with Gasteiger partial charge in [-0.15, -0.1) is 0 Å². The van der Waals surface area contributed by atoms with Crippen LogP contribution in [0.25, 0.3) is 0 Å². The van der Waals surface area contributed by atoms with E-state index in [0.29, 0.717) is 17.0 Å². The molecular formula is C16H24Cl2N2. The normalized spacial score (nSPS) is 24.6. The molecule has 0 bridgehead atoms. The minimum Gasteiger partial charge on any atom is -0.271 e. The van der Waals surface area contributed by atoms with Crippen LogP contribution in [0.4, 0.5) is 0 Å². The summed E-state index contributed by atoms with van der Waals surface area (Å²) in [5.74, 6) is 7.33. The molecule has 4 heteroatoms. The van der Waals surface area contributed by atoms with Gasteiger partial charge in [0.1, 0.15) is 0 Å². The molecule has 0 spiro atoms. The second-order valence-corrected chi connectivity index (χ2v) is 6.75. The predicted octanol–water partition coefficient (Wildman–Crippen LogP) is 4.58. The molecule has 0 radical (unpaired) electrons. The first-order valence-electron chi connectivity index (χ1n) is 7.54. The number of halogens is 2. The molecule has 1 fully saturated rings. The summed E-state index contributed by atoms with van der Waals surface area (Å²) in [6.45, 7) is 2.29. The lowest BCUT2D eigenvalue weighted by molar-refractivity contribution is 0.217. The molecule has 1 saturated carbocycles. The fraction of sp³-hybridized carbons (Fsp3) is 0.625. The molecule has 1 aliphatic carbocycles. The monoisotopic (exact) mass is 314 g/mol. The van der Waals surface area contributed by atoms with Crippen LogP contribution in [0, 0.1) is 11.8 Å². The zero-order valence-electron chi connectivity index (χ0n) is 12.0. The summed E-state index contributed by atoms with van der Waals surface area (Å²) in [4.78, 5) is 0. The zero-order chi connectivity index (χ0) is 14.5. The Morgan fingerprint density at radius 1 is 1.25 bits per heavy atom. The zero-order valence-corrected chi connectivity index (χ0v) is 13.6. The molecule has 0 amide bonds. The fourth-order valence-corrected chi connectivity index (χ4v) is 3.77. The second-order valence-electron chi connectivity index (χ2n) is 5.90. The van der Waals surface area contributed by atoms with Gasteiger partial charge in [-0.05, 0) is 48.8 Å². The Labute approximate surface area is 132 Å². The van der Waals surface area contributed by atoms with E-state index in [1.807, 2.05) is 12.1 Å². The smallest absolute Gasteiger partial charge is 0.0453 e. The van der Waals surface area contributed by atoms with Gasteiger partial charge in [-0.2, -0.15) is 0 Å². The van der Waals surface area contributed by atoms with E-state index in [0.717, 1.165) is 22.9 Å². The van der Waals surface area contributed by atoms with Gasteiger partial charge in [0.05, 0.1) is 0 Å². The van der Waals surface area contributed by atoms with Crippen molar-refractivity contribution in [2.45, 2.75) is 51.5 Å². The molecule has 20 heavy (non-hydrogen) atoms. The van der Waals surface area contributed by atoms with E-state index in [1.165, 1.54) is 32.1 Å². The summed E-state index contributed by atoms with van der Waals surface area (Å²) >= 11 is 12.2. The molecular weight excluding hydrogens is 291 g/mol. The van der Waals surface area contributed by atoms with E-state index in [2.05, 4.69) is 12.3 Å². The van der Waals surface area contributed by atoms with Crippen molar-refractivity contribution in [1.82, 2.24) is 5.43 Å².